The van der Waals surface area contributed by atoms with Gasteiger partial charge in [0.1, 0.15) is 5.75 Å². The first-order valence-corrected chi connectivity index (χ1v) is 7.59. The van der Waals surface area contributed by atoms with Crippen molar-refractivity contribution in [1.82, 2.24) is 15.1 Å². The zero-order valence-corrected chi connectivity index (χ0v) is 13.8. The number of aryl methyl sites for hydroxylation is 1. The van der Waals surface area contributed by atoms with Gasteiger partial charge in [0.2, 0.25) is 0 Å². The highest BCUT2D eigenvalue weighted by molar-refractivity contribution is 5.37. The molecule has 0 radical (unpaired) electrons. The van der Waals surface area contributed by atoms with Gasteiger partial charge in [-0.1, -0.05) is 6.07 Å². The summed E-state index contributed by atoms with van der Waals surface area (Å²) in [5.74, 6) is 0.864. The zero-order chi connectivity index (χ0) is 15.9. The van der Waals surface area contributed by atoms with Crippen LogP contribution in [0.4, 0.5) is 0 Å². The number of nitrogens with zero attached hydrogens (tertiary/aromatic N) is 2. The van der Waals surface area contributed by atoms with Crippen molar-refractivity contribution in [1.29, 1.82) is 0 Å². The fourth-order valence-electron chi connectivity index (χ4n) is 2.56. The van der Waals surface area contributed by atoms with Crippen molar-refractivity contribution in [3.63, 3.8) is 0 Å². The molecule has 0 aliphatic carbocycles. The number of hydrogen-bond acceptors (Lipinski definition) is 4. The summed E-state index contributed by atoms with van der Waals surface area (Å²) in [5, 5.41) is 7.86. The van der Waals surface area contributed by atoms with E-state index in [0.29, 0.717) is 6.61 Å². The highest BCUT2D eigenvalue weighted by atomic mass is 16.5. The summed E-state index contributed by atoms with van der Waals surface area (Å²) in [6.07, 6.45) is 1.85. The second kappa shape index (κ2) is 7.96. The molecule has 0 fully saturated rings. The Labute approximate surface area is 132 Å². The van der Waals surface area contributed by atoms with E-state index in [9.17, 15) is 0 Å². The first kappa shape index (κ1) is 16.5. The van der Waals surface area contributed by atoms with Crippen LogP contribution in [0.1, 0.15) is 36.7 Å². The van der Waals surface area contributed by atoms with Gasteiger partial charge < -0.3 is 14.8 Å². The SMILES string of the molecule is CCn1nccc1C(C)NCc1ccc(OC)c(COC)c1. The molecule has 0 amide bonds. The second-order valence-corrected chi connectivity index (χ2v) is 5.25. The van der Waals surface area contributed by atoms with Crippen molar-refractivity contribution in [2.24, 2.45) is 0 Å². The molecule has 5 nitrogen and oxygen atoms in total. The molecule has 1 aromatic heterocycles. The highest BCUT2D eigenvalue weighted by Gasteiger charge is 2.10. The van der Waals surface area contributed by atoms with Crippen LogP contribution in [-0.4, -0.2) is 24.0 Å². The molecule has 0 bridgehead atoms. The lowest BCUT2D eigenvalue weighted by molar-refractivity contribution is 0.181. The Bertz CT molecular complexity index is 595. The van der Waals surface area contributed by atoms with Gasteiger partial charge >= 0.3 is 0 Å². The Morgan fingerprint density at radius 3 is 2.77 bits per heavy atom. The van der Waals surface area contributed by atoms with Gasteiger partial charge in [0.05, 0.1) is 19.4 Å². The average molecular weight is 303 g/mol. The van der Waals surface area contributed by atoms with Gasteiger partial charge in [0.15, 0.2) is 0 Å². The molecule has 0 saturated carbocycles. The lowest BCUT2D eigenvalue weighted by Gasteiger charge is -2.16. The predicted octanol–water partition coefficient (Wildman–Crippen LogP) is 2.91. The van der Waals surface area contributed by atoms with Crippen molar-refractivity contribution in [2.75, 3.05) is 14.2 Å². The van der Waals surface area contributed by atoms with Crippen molar-refractivity contribution in [3.05, 3.63) is 47.3 Å². The molecule has 22 heavy (non-hydrogen) atoms. The van der Waals surface area contributed by atoms with Gasteiger partial charge in [-0.25, -0.2) is 0 Å². The maximum Gasteiger partial charge on any atom is 0.124 e. The third-order valence-corrected chi connectivity index (χ3v) is 3.75. The van der Waals surface area contributed by atoms with E-state index in [2.05, 4.69) is 42.5 Å². The molecule has 1 heterocycles. The Kier molecular flexibility index (Phi) is 5.98. The minimum absolute atomic E-state index is 0.246. The lowest BCUT2D eigenvalue weighted by atomic mass is 10.1. The maximum absolute atomic E-state index is 5.36. The van der Waals surface area contributed by atoms with E-state index < -0.39 is 0 Å². The quantitative estimate of drug-likeness (QED) is 0.814. The number of hydrogen-bond donors (Lipinski definition) is 1. The van der Waals surface area contributed by atoms with Crippen molar-refractivity contribution >= 4 is 0 Å². The Balaban J connectivity index is 2.03. The number of ether oxygens (including phenoxy) is 2. The first-order chi connectivity index (χ1) is 10.7. The predicted molar refractivity (Wildman–Crippen MR) is 86.9 cm³/mol. The molecule has 5 heteroatoms. The van der Waals surface area contributed by atoms with Gasteiger partial charge in [-0.15, -0.1) is 0 Å². The molecule has 0 aliphatic rings. The van der Waals surface area contributed by atoms with Crippen molar-refractivity contribution < 1.29 is 9.47 Å². The number of nitrogens with one attached hydrogen (secondary N) is 1. The van der Waals surface area contributed by atoms with Crippen LogP contribution in [0, 0.1) is 0 Å². The second-order valence-electron chi connectivity index (χ2n) is 5.25. The van der Waals surface area contributed by atoms with E-state index in [-0.39, 0.29) is 6.04 Å². The first-order valence-electron chi connectivity index (χ1n) is 7.59. The highest BCUT2D eigenvalue weighted by Crippen LogP contribution is 2.21. The summed E-state index contributed by atoms with van der Waals surface area (Å²) in [6, 6.07) is 8.50. The molecule has 1 N–H and O–H groups in total. The zero-order valence-electron chi connectivity index (χ0n) is 13.8. The fourth-order valence-corrected chi connectivity index (χ4v) is 2.56. The summed E-state index contributed by atoms with van der Waals surface area (Å²) in [5.41, 5.74) is 3.48. The smallest absolute Gasteiger partial charge is 0.124 e. The fraction of sp³-hybridized carbons (Fsp3) is 0.471. The van der Waals surface area contributed by atoms with Crippen LogP contribution in [0.3, 0.4) is 0 Å². The third kappa shape index (κ3) is 3.87. The van der Waals surface area contributed by atoms with Gasteiger partial charge in [-0.05, 0) is 37.6 Å². The maximum atomic E-state index is 5.36. The standard InChI is InChI=1S/C17H25N3O2/c1-5-20-16(8-9-19-20)13(2)18-11-14-6-7-17(22-4)15(10-14)12-21-3/h6-10,13,18H,5,11-12H2,1-4H3. The molecule has 1 aromatic carbocycles. The Hall–Kier alpha value is -1.85. The van der Waals surface area contributed by atoms with Crippen molar-refractivity contribution in [3.8, 4) is 5.75 Å². The topological polar surface area (TPSA) is 48.3 Å². The van der Waals surface area contributed by atoms with Gasteiger partial charge in [0, 0.05) is 38.0 Å². The van der Waals surface area contributed by atoms with Crippen LogP contribution >= 0.6 is 0 Å². The summed E-state index contributed by atoms with van der Waals surface area (Å²) in [7, 11) is 3.37. The summed E-state index contributed by atoms with van der Waals surface area (Å²) >= 11 is 0. The Morgan fingerprint density at radius 1 is 1.27 bits per heavy atom. The van der Waals surface area contributed by atoms with Crippen molar-refractivity contribution in [2.45, 2.75) is 39.6 Å². The summed E-state index contributed by atoms with van der Waals surface area (Å²) in [4.78, 5) is 0. The van der Waals surface area contributed by atoms with Gasteiger partial charge in [0.25, 0.3) is 0 Å². The van der Waals surface area contributed by atoms with Crippen LogP contribution in [0.2, 0.25) is 0 Å². The molecule has 0 spiro atoms. The van der Waals surface area contributed by atoms with E-state index in [1.165, 1.54) is 11.3 Å². The van der Waals surface area contributed by atoms with Gasteiger partial charge in [-0.3, -0.25) is 4.68 Å². The molecule has 1 atom stereocenters. The molecule has 1 unspecified atom stereocenters. The van der Waals surface area contributed by atoms with Gasteiger partial charge in [-0.2, -0.15) is 5.10 Å². The van der Waals surface area contributed by atoms with E-state index in [0.717, 1.165) is 24.4 Å². The van der Waals surface area contributed by atoms with Crippen LogP contribution < -0.4 is 10.1 Å². The number of benzene rings is 1. The summed E-state index contributed by atoms with van der Waals surface area (Å²) in [6.45, 7) is 6.48. The monoisotopic (exact) mass is 303 g/mol. The summed E-state index contributed by atoms with van der Waals surface area (Å²) < 4.78 is 12.6. The third-order valence-electron chi connectivity index (χ3n) is 3.75. The minimum Gasteiger partial charge on any atom is -0.496 e. The molecule has 2 rings (SSSR count). The molecular formula is C17H25N3O2. The molecule has 2 aromatic rings. The average Bonchev–Trinajstić information content (AvgIpc) is 3.02. The molecule has 0 saturated heterocycles. The van der Waals surface area contributed by atoms with E-state index in [1.54, 1.807) is 14.2 Å². The molecular weight excluding hydrogens is 278 g/mol. The van der Waals surface area contributed by atoms with Crippen LogP contribution in [0.15, 0.2) is 30.5 Å². The van der Waals surface area contributed by atoms with E-state index >= 15 is 0 Å². The van der Waals surface area contributed by atoms with E-state index in [4.69, 9.17) is 9.47 Å². The van der Waals surface area contributed by atoms with Crippen LogP contribution in [-0.2, 0) is 24.4 Å². The molecule has 0 aliphatic heterocycles. The van der Waals surface area contributed by atoms with E-state index in [1.807, 2.05) is 16.9 Å². The number of methoxy groups -OCH3 is 2. The van der Waals surface area contributed by atoms with Crippen LogP contribution in [0.5, 0.6) is 5.75 Å². The Morgan fingerprint density at radius 2 is 2.09 bits per heavy atom. The lowest BCUT2D eigenvalue weighted by Crippen LogP contribution is -2.21. The minimum atomic E-state index is 0.246. The number of aromatic nitrogens is 2. The number of rotatable bonds is 8. The largest absolute Gasteiger partial charge is 0.496 e. The molecule has 120 valence electrons. The normalized spacial score (nSPS) is 12.4. The van der Waals surface area contributed by atoms with Crippen LogP contribution in [0.25, 0.3) is 0 Å².